The van der Waals surface area contributed by atoms with Crippen molar-refractivity contribution in [2.75, 3.05) is 7.05 Å². The fourth-order valence-electron chi connectivity index (χ4n) is 1.69. The molecule has 0 aliphatic carbocycles. The van der Waals surface area contributed by atoms with E-state index >= 15 is 0 Å². The fraction of sp³-hybridized carbons (Fsp3) is 0.0714. The number of carboxylic acid groups (broad SMARTS) is 1. The number of para-hydroxylation sites is 1. The molecule has 0 saturated heterocycles. The van der Waals surface area contributed by atoms with Crippen LogP contribution in [0.4, 0.5) is 0 Å². The third-order valence-corrected chi connectivity index (χ3v) is 4.17. The molecule has 2 aromatic rings. The molecule has 2 aromatic carbocycles. The highest BCUT2D eigenvalue weighted by Crippen LogP contribution is 2.28. The minimum absolute atomic E-state index is 0.0202. The highest BCUT2D eigenvalue weighted by molar-refractivity contribution is 7.89. The summed E-state index contributed by atoms with van der Waals surface area (Å²) in [6, 6.07) is 11.9. The summed E-state index contributed by atoms with van der Waals surface area (Å²) in [5.74, 6) is -0.723. The van der Waals surface area contributed by atoms with Crippen LogP contribution in [0.3, 0.4) is 0 Å². The summed E-state index contributed by atoms with van der Waals surface area (Å²) in [4.78, 5) is 10.9. The molecule has 0 fully saturated rings. The molecule has 0 unspecified atom stereocenters. The van der Waals surface area contributed by atoms with Gasteiger partial charge in [0.05, 0.1) is 5.56 Å². The third-order valence-electron chi connectivity index (χ3n) is 2.72. The second-order valence-electron chi connectivity index (χ2n) is 4.09. The Kier molecular flexibility index (Phi) is 4.25. The van der Waals surface area contributed by atoms with Gasteiger partial charge in [0.25, 0.3) is 0 Å². The van der Waals surface area contributed by atoms with Gasteiger partial charge >= 0.3 is 5.97 Å². The van der Waals surface area contributed by atoms with Gasteiger partial charge in [-0.25, -0.2) is 17.9 Å². The maximum absolute atomic E-state index is 11.9. The van der Waals surface area contributed by atoms with Crippen molar-refractivity contribution in [2.24, 2.45) is 0 Å². The van der Waals surface area contributed by atoms with E-state index in [-0.39, 0.29) is 22.0 Å². The normalized spacial score (nSPS) is 11.1. The Morgan fingerprint density at radius 3 is 2.52 bits per heavy atom. The highest BCUT2D eigenvalue weighted by Gasteiger charge is 2.17. The summed E-state index contributed by atoms with van der Waals surface area (Å²) in [7, 11) is -2.36. The minimum atomic E-state index is -3.67. The number of sulfonamides is 1. The van der Waals surface area contributed by atoms with Crippen LogP contribution in [0.1, 0.15) is 10.4 Å². The van der Waals surface area contributed by atoms with Gasteiger partial charge in [-0.05, 0) is 37.4 Å². The molecule has 21 heavy (non-hydrogen) atoms. The van der Waals surface area contributed by atoms with Crippen molar-refractivity contribution in [1.82, 2.24) is 4.72 Å². The lowest BCUT2D eigenvalue weighted by Crippen LogP contribution is -2.19. The second kappa shape index (κ2) is 5.94. The standard InChI is InChI=1S/C14H13NO5S/c1-15-21(18,19)13-8-3-2-7-12(13)20-11-6-4-5-10(9-11)14(16)17/h2-9,15H,1H3,(H,16,17). The predicted molar refractivity (Wildman–Crippen MR) is 76.2 cm³/mol. The Balaban J connectivity index is 2.41. The van der Waals surface area contributed by atoms with E-state index in [4.69, 9.17) is 9.84 Å². The SMILES string of the molecule is CNS(=O)(=O)c1ccccc1Oc1cccc(C(=O)O)c1. The molecule has 0 bridgehead atoms. The summed E-state index contributed by atoms with van der Waals surface area (Å²) in [6.45, 7) is 0. The molecule has 0 radical (unpaired) electrons. The van der Waals surface area contributed by atoms with Crippen LogP contribution in [-0.2, 0) is 10.0 Å². The van der Waals surface area contributed by atoms with E-state index in [1.807, 2.05) is 0 Å². The van der Waals surface area contributed by atoms with Crippen molar-refractivity contribution in [1.29, 1.82) is 0 Å². The average Bonchev–Trinajstić information content (AvgIpc) is 2.48. The Labute approximate surface area is 122 Å². The molecule has 0 atom stereocenters. The average molecular weight is 307 g/mol. The van der Waals surface area contributed by atoms with Gasteiger partial charge < -0.3 is 9.84 Å². The number of aromatic carboxylic acids is 1. The lowest BCUT2D eigenvalue weighted by atomic mass is 10.2. The number of ether oxygens (including phenoxy) is 1. The monoisotopic (exact) mass is 307 g/mol. The molecule has 6 nitrogen and oxygen atoms in total. The fourth-order valence-corrected chi connectivity index (χ4v) is 2.54. The number of carbonyl (C=O) groups is 1. The number of hydrogen-bond donors (Lipinski definition) is 2. The zero-order valence-corrected chi connectivity index (χ0v) is 11.9. The van der Waals surface area contributed by atoms with Gasteiger partial charge in [0.2, 0.25) is 10.0 Å². The van der Waals surface area contributed by atoms with Crippen molar-refractivity contribution >= 4 is 16.0 Å². The van der Waals surface area contributed by atoms with Gasteiger partial charge in [-0.3, -0.25) is 0 Å². The summed E-state index contributed by atoms with van der Waals surface area (Å²) in [5, 5.41) is 8.94. The summed E-state index contributed by atoms with van der Waals surface area (Å²) >= 11 is 0. The first-order valence-corrected chi connectivity index (χ1v) is 7.46. The Morgan fingerprint density at radius 2 is 1.86 bits per heavy atom. The lowest BCUT2D eigenvalue weighted by molar-refractivity contribution is 0.0696. The lowest BCUT2D eigenvalue weighted by Gasteiger charge is -2.11. The van der Waals surface area contributed by atoms with Gasteiger partial charge in [0.15, 0.2) is 0 Å². The van der Waals surface area contributed by atoms with E-state index in [2.05, 4.69) is 4.72 Å². The molecule has 0 amide bonds. The van der Waals surface area contributed by atoms with E-state index in [1.54, 1.807) is 18.2 Å². The van der Waals surface area contributed by atoms with Gasteiger partial charge in [0, 0.05) is 0 Å². The van der Waals surface area contributed by atoms with E-state index < -0.39 is 16.0 Å². The largest absolute Gasteiger partial charge is 0.478 e. The number of carboxylic acids is 1. The molecule has 0 aromatic heterocycles. The van der Waals surface area contributed by atoms with Crippen LogP contribution in [0.25, 0.3) is 0 Å². The van der Waals surface area contributed by atoms with E-state index in [0.29, 0.717) is 0 Å². The zero-order valence-electron chi connectivity index (χ0n) is 11.1. The van der Waals surface area contributed by atoms with Crippen molar-refractivity contribution in [3.05, 3.63) is 54.1 Å². The van der Waals surface area contributed by atoms with Crippen LogP contribution in [0, 0.1) is 0 Å². The van der Waals surface area contributed by atoms with Crippen LogP contribution in [0.15, 0.2) is 53.4 Å². The zero-order chi connectivity index (χ0) is 15.5. The van der Waals surface area contributed by atoms with Gasteiger partial charge in [-0.15, -0.1) is 0 Å². The highest BCUT2D eigenvalue weighted by atomic mass is 32.2. The Bertz CT molecular complexity index is 770. The molecule has 2 rings (SSSR count). The van der Waals surface area contributed by atoms with Crippen molar-refractivity contribution < 1.29 is 23.1 Å². The Hall–Kier alpha value is -2.38. The number of nitrogens with one attached hydrogen (secondary N) is 1. The molecule has 0 aliphatic rings. The second-order valence-corrected chi connectivity index (χ2v) is 5.94. The van der Waals surface area contributed by atoms with Crippen LogP contribution in [-0.4, -0.2) is 26.5 Å². The first-order valence-electron chi connectivity index (χ1n) is 5.98. The Morgan fingerprint density at radius 1 is 1.14 bits per heavy atom. The van der Waals surface area contributed by atoms with Crippen molar-refractivity contribution in [3.8, 4) is 11.5 Å². The molecule has 0 heterocycles. The summed E-state index contributed by atoms with van der Waals surface area (Å²) < 4.78 is 31.5. The van der Waals surface area contributed by atoms with Crippen LogP contribution in [0.2, 0.25) is 0 Å². The van der Waals surface area contributed by atoms with Gasteiger partial charge in [-0.1, -0.05) is 18.2 Å². The van der Waals surface area contributed by atoms with E-state index in [1.165, 1.54) is 37.4 Å². The topological polar surface area (TPSA) is 92.7 Å². The molecule has 0 saturated carbocycles. The quantitative estimate of drug-likeness (QED) is 0.882. The van der Waals surface area contributed by atoms with Crippen LogP contribution in [0.5, 0.6) is 11.5 Å². The number of rotatable bonds is 5. The minimum Gasteiger partial charge on any atom is -0.478 e. The summed E-state index contributed by atoms with van der Waals surface area (Å²) in [5.41, 5.74) is 0.0569. The third kappa shape index (κ3) is 3.39. The molecular weight excluding hydrogens is 294 g/mol. The maximum atomic E-state index is 11.9. The first-order chi connectivity index (χ1) is 9.94. The smallest absolute Gasteiger partial charge is 0.335 e. The van der Waals surface area contributed by atoms with Crippen LogP contribution < -0.4 is 9.46 Å². The first kappa shape index (κ1) is 15.0. The van der Waals surface area contributed by atoms with E-state index in [0.717, 1.165) is 0 Å². The molecule has 0 spiro atoms. The molecule has 0 aliphatic heterocycles. The van der Waals surface area contributed by atoms with Crippen LogP contribution >= 0.6 is 0 Å². The molecular formula is C14H13NO5S. The van der Waals surface area contributed by atoms with Crippen molar-refractivity contribution in [3.63, 3.8) is 0 Å². The molecule has 110 valence electrons. The maximum Gasteiger partial charge on any atom is 0.335 e. The molecule has 7 heteroatoms. The van der Waals surface area contributed by atoms with Gasteiger partial charge in [0.1, 0.15) is 16.4 Å². The van der Waals surface area contributed by atoms with Gasteiger partial charge in [-0.2, -0.15) is 0 Å². The summed E-state index contributed by atoms with van der Waals surface area (Å²) in [6.07, 6.45) is 0. The van der Waals surface area contributed by atoms with Crippen molar-refractivity contribution in [2.45, 2.75) is 4.90 Å². The predicted octanol–water partition coefficient (Wildman–Crippen LogP) is 2.09. The number of benzene rings is 2. The molecule has 2 N–H and O–H groups in total. The van der Waals surface area contributed by atoms with E-state index in [9.17, 15) is 13.2 Å². The number of hydrogen-bond acceptors (Lipinski definition) is 4.